The van der Waals surface area contributed by atoms with Crippen LogP contribution in [0.3, 0.4) is 0 Å². The second-order valence-corrected chi connectivity index (χ2v) is 8.96. The number of hydrogen-bond donors (Lipinski definition) is 0. The van der Waals surface area contributed by atoms with E-state index in [0.717, 1.165) is 10.0 Å². The molecule has 31 heavy (non-hydrogen) atoms. The van der Waals surface area contributed by atoms with Crippen molar-refractivity contribution in [1.29, 1.82) is 0 Å². The zero-order valence-corrected chi connectivity index (χ0v) is 18.7. The summed E-state index contributed by atoms with van der Waals surface area (Å²) in [5, 5.41) is 0.482. The van der Waals surface area contributed by atoms with Crippen LogP contribution in [0, 0.1) is 0 Å². The number of nitrogens with zero attached hydrogens (tertiary/aromatic N) is 1. The fourth-order valence-corrected chi connectivity index (χ4v) is 4.43. The van der Waals surface area contributed by atoms with E-state index in [4.69, 9.17) is 4.42 Å². The number of amides is 1. The van der Waals surface area contributed by atoms with E-state index >= 15 is 0 Å². The average molecular weight is 474 g/mol. The van der Waals surface area contributed by atoms with E-state index in [2.05, 4.69) is 41.9 Å². The number of rotatable bonds is 3. The highest BCUT2D eigenvalue weighted by Gasteiger charge is 2.43. The molecule has 1 unspecified atom stereocenters. The Morgan fingerprint density at radius 1 is 0.903 bits per heavy atom. The van der Waals surface area contributed by atoms with Crippen LogP contribution in [-0.4, -0.2) is 5.91 Å². The summed E-state index contributed by atoms with van der Waals surface area (Å²) in [5.41, 5.74) is 3.44. The molecule has 4 aromatic rings. The van der Waals surface area contributed by atoms with Crippen LogP contribution in [0.2, 0.25) is 0 Å². The number of halogens is 1. The lowest BCUT2D eigenvalue weighted by Crippen LogP contribution is -2.29. The molecule has 0 saturated carbocycles. The molecule has 3 aromatic carbocycles. The van der Waals surface area contributed by atoms with Gasteiger partial charge in [0.05, 0.1) is 17.0 Å². The molecule has 1 aliphatic heterocycles. The zero-order chi connectivity index (χ0) is 21.7. The highest BCUT2D eigenvalue weighted by atomic mass is 79.9. The number of carbonyl (C=O) groups excluding carboxylic acids is 1. The van der Waals surface area contributed by atoms with E-state index in [1.54, 1.807) is 29.2 Å². The molecule has 5 heteroatoms. The molecule has 0 saturated heterocycles. The van der Waals surface area contributed by atoms with Crippen molar-refractivity contribution < 1.29 is 9.21 Å². The lowest BCUT2D eigenvalue weighted by atomic mass is 9.95. The van der Waals surface area contributed by atoms with Crippen molar-refractivity contribution in [2.45, 2.75) is 25.8 Å². The first-order chi connectivity index (χ1) is 15.0. The van der Waals surface area contributed by atoms with Crippen molar-refractivity contribution in [3.8, 4) is 0 Å². The van der Waals surface area contributed by atoms with Gasteiger partial charge in [0.15, 0.2) is 5.43 Å². The fourth-order valence-electron chi connectivity index (χ4n) is 4.17. The molecular weight excluding hydrogens is 454 g/mol. The molecule has 1 aliphatic rings. The number of fused-ring (bicyclic) bond motifs is 2. The highest BCUT2D eigenvalue weighted by molar-refractivity contribution is 9.10. The molecular formula is C26H20BrNO3. The van der Waals surface area contributed by atoms with Gasteiger partial charge in [-0.05, 0) is 53.4 Å². The number of para-hydroxylation sites is 1. The van der Waals surface area contributed by atoms with Gasteiger partial charge in [-0.1, -0.05) is 66.2 Å². The summed E-state index contributed by atoms with van der Waals surface area (Å²) in [6, 6.07) is 22.2. The molecule has 0 N–H and O–H groups in total. The van der Waals surface area contributed by atoms with Crippen molar-refractivity contribution >= 4 is 38.5 Å². The minimum atomic E-state index is -0.550. The molecule has 2 heterocycles. The number of hydrogen-bond acceptors (Lipinski definition) is 3. The standard InChI is InChI=1S/C26H20BrNO3/c1-15(2)16-7-9-17(10-8-16)23-22-24(29)20-5-3-4-6-21(20)31-25(22)26(30)28(23)19-13-11-18(27)12-14-19/h3-15,23H,1-2H3. The summed E-state index contributed by atoms with van der Waals surface area (Å²) in [5.74, 6) is 0.200. The largest absolute Gasteiger partial charge is 0.450 e. The molecule has 4 nitrogen and oxygen atoms in total. The number of carbonyl (C=O) groups is 1. The molecule has 1 amide bonds. The second-order valence-electron chi connectivity index (χ2n) is 8.05. The Kier molecular flexibility index (Phi) is 4.78. The number of benzene rings is 3. The van der Waals surface area contributed by atoms with Crippen molar-refractivity contribution in [1.82, 2.24) is 0 Å². The van der Waals surface area contributed by atoms with Crippen LogP contribution in [0.1, 0.15) is 53.1 Å². The van der Waals surface area contributed by atoms with Crippen molar-refractivity contribution in [2.24, 2.45) is 0 Å². The fraction of sp³-hybridized carbons (Fsp3) is 0.154. The predicted molar refractivity (Wildman–Crippen MR) is 126 cm³/mol. The lowest BCUT2D eigenvalue weighted by molar-refractivity contribution is 0.0971. The first kappa shape index (κ1) is 19.8. The van der Waals surface area contributed by atoms with E-state index in [9.17, 15) is 9.59 Å². The third-order valence-electron chi connectivity index (χ3n) is 5.80. The Balaban J connectivity index is 1.77. The SMILES string of the molecule is CC(C)c1ccc(C2c3c(oc4ccccc4c3=O)C(=O)N2c2ccc(Br)cc2)cc1. The molecule has 154 valence electrons. The van der Waals surface area contributed by atoms with Crippen LogP contribution in [0.15, 0.2) is 86.5 Å². The van der Waals surface area contributed by atoms with Crippen molar-refractivity contribution in [3.05, 3.63) is 110 Å². The lowest BCUT2D eigenvalue weighted by Gasteiger charge is -2.25. The van der Waals surface area contributed by atoms with Crippen molar-refractivity contribution in [2.75, 3.05) is 4.90 Å². The maximum Gasteiger partial charge on any atom is 0.295 e. The molecule has 0 spiro atoms. The van der Waals surface area contributed by atoms with Gasteiger partial charge in [-0.25, -0.2) is 0 Å². The zero-order valence-electron chi connectivity index (χ0n) is 17.1. The topological polar surface area (TPSA) is 50.5 Å². The third-order valence-corrected chi connectivity index (χ3v) is 6.33. The van der Waals surface area contributed by atoms with Crippen molar-refractivity contribution in [3.63, 3.8) is 0 Å². The predicted octanol–water partition coefficient (Wildman–Crippen LogP) is 6.43. The van der Waals surface area contributed by atoms with E-state index in [1.165, 1.54) is 5.56 Å². The van der Waals surface area contributed by atoms with Gasteiger partial charge in [0.2, 0.25) is 5.76 Å². The molecule has 0 fully saturated rings. The van der Waals surface area contributed by atoms with Crippen LogP contribution in [-0.2, 0) is 0 Å². The summed E-state index contributed by atoms with van der Waals surface area (Å²) >= 11 is 3.45. The van der Waals surface area contributed by atoms with E-state index < -0.39 is 6.04 Å². The normalized spacial score (nSPS) is 15.7. The summed E-state index contributed by atoms with van der Waals surface area (Å²) < 4.78 is 6.90. The Labute approximate surface area is 188 Å². The maximum atomic E-state index is 13.5. The van der Waals surface area contributed by atoms with Gasteiger partial charge in [-0.2, -0.15) is 0 Å². The molecule has 0 radical (unpaired) electrons. The Bertz CT molecular complexity index is 1350. The summed E-state index contributed by atoms with van der Waals surface area (Å²) in [7, 11) is 0. The summed E-state index contributed by atoms with van der Waals surface area (Å²) in [6.07, 6.45) is 0. The van der Waals surface area contributed by atoms with E-state index in [1.807, 2.05) is 36.4 Å². The van der Waals surface area contributed by atoms with Gasteiger partial charge in [-0.15, -0.1) is 0 Å². The average Bonchev–Trinajstić information content (AvgIpc) is 3.07. The Morgan fingerprint density at radius 2 is 1.58 bits per heavy atom. The monoisotopic (exact) mass is 473 g/mol. The third kappa shape index (κ3) is 3.20. The Hall–Kier alpha value is -3.18. The van der Waals surface area contributed by atoms with Gasteiger partial charge in [0, 0.05) is 10.2 Å². The van der Waals surface area contributed by atoms with Crippen LogP contribution in [0.25, 0.3) is 11.0 Å². The van der Waals surface area contributed by atoms with Gasteiger partial charge in [-0.3, -0.25) is 14.5 Å². The van der Waals surface area contributed by atoms with Crippen LogP contribution in [0.5, 0.6) is 0 Å². The van der Waals surface area contributed by atoms with Gasteiger partial charge in [0.25, 0.3) is 5.91 Å². The first-order valence-corrected chi connectivity index (χ1v) is 11.0. The molecule has 1 aromatic heterocycles. The molecule has 0 aliphatic carbocycles. The van der Waals surface area contributed by atoms with E-state index in [-0.39, 0.29) is 17.1 Å². The number of anilines is 1. The van der Waals surface area contributed by atoms with Gasteiger partial charge in [0.1, 0.15) is 5.58 Å². The van der Waals surface area contributed by atoms with Gasteiger partial charge < -0.3 is 4.42 Å². The minimum Gasteiger partial charge on any atom is -0.450 e. The van der Waals surface area contributed by atoms with Crippen LogP contribution < -0.4 is 10.3 Å². The molecule has 0 bridgehead atoms. The quantitative estimate of drug-likeness (QED) is 0.344. The van der Waals surface area contributed by atoms with Gasteiger partial charge >= 0.3 is 0 Å². The second kappa shape index (κ2) is 7.50. The van der Waals surface area contributed by atoms with E-state index in [0.29, 0.717) is 28.1 Å². The maximum absolute atomic E-state index is 13.5. The smallest absolute Gasteiger partial charge is 0.295 e. The summed E-state index contributed by atoms with van der Waals surface area (Å²) in [4.78, 5) is 28.7. The van der Waals surface area contributed by atoms with Crippen LogP contribution in [0.4, 0.5) is 5.69 Å². The minimum absolute atomic E-state index is 0.115. The van der Waals surface area contributed by atoms with Crippen LogP contribution >= 0.6 is 15.9 Å². The first-order valence-electron chi connectivity index (χ1n) is 10.2. The molecule has 1 atom stereocenters. The Morgan fingerprint density at radius 3 is 2.26 bits per heavy atom. The molecule has 5 rings (SSSR count). The highest BCUT2D eigenvalue weighted by Crippen LogP contribution is 2.41. The summed E-state index contributed by atoms with van der Waals surface area (Å²) in [6.45, 7) is 4.27.